The maximum absolute atomic E-state index is 12.7. The lowest BCUT2D eigenvalue weighted by molar-refractivity contribution is 0.0983. The lowest BCUT2D eigenvalue weighted by Crippen LogP contribution is -2.31. The van der Waals surface area contributed by atoms with Crippen LogP contribution in [0.3, 0.4) is 0 Å². The van der Waals surface area contributed by atoms with Gasteiger partial charge in [-0.3, -0.25) is 9.69 Å². The predicted molar refractivity (Wildman–Crippen MR) is 91.2 cm³/mol. The van der Waals surface area contributed by atoms with E-state index in [1.165, 1.54) is 6.26 Å². The zero-order chi connectivity index (χ0) is 16.2. The van der Waals surface area contributed by atoms with Crippen molar-refractivity contribution in [3.05, 3.63) is 65.1 Å². The lowest BCUT2D eigenvalue weighted by atomic mass is 10.2. The molecule has 0 saturated heterocycles. The number of hydrogen-bond acceptors (Lipinski definition) is 4. The number of rotatable bonds is 4. The molecule has 116 valence electrons. The Kier molecular flexibility index (Phi) is 4.52. The smallest absolute Gasteiger partial charge is 0.281 e. The number of oxazole rings is 1. The minimum absolute atomic E-state index is 0.242. The van der Waals surface area contributed by atoms with Crippen LogP contribution in [-0.4, -0.2) is 22.4 Å². The molecule has 0 aliphatic rings. The molecule has 3 rings (SSSR count). The number of nitrogens with zero attached hydrogens (tertiary/aromatic N) is 3. The standard InChI is InChI=1S/C17H14BrN3O2/c1-2-21(15-9-8-13(18)10-19-15)17(22)14-11-23-16(20-14)12-6-4-3-5-7-12/h3-11H,2H2,1H3. The third kappa shape index (κ3) is 3.32. The molecule has 0 spiro atoms. The Balaban J connectivity index is 1.87. The summed E-state index contributed by atoms with van der Waals surface area (Å²) in [6, 6.07) is 13.1. The molecule has 0 unspecified atom stereocenters. The first-order valence-electron chi connectivity index (χ1n) is 7.13. The van der Waals surface area contributed by atoms with Gasteiger partial charge in [-0.2, -0.15) is 0 Å². The number of anilines is 1. The van der Waals surface area contributed by atoms with Crippen molar-refractivity contribution in [2.75, 3.05) is 11.4 Å². The fraction of sp³-hybridized carbons (Fsp3) is 0.118. The topological polar surface area (TPSA) is 59.2 Å². The fourth-order valence-corrected chi connectivity index (χ4v) is 2.40. The first-order chi connectivity index (χ1) is 11.2. The number of amides is 1. The largest absolute Gasteiger partial charge is 0.444 e. The molecular weight excluding hydrogens is 358 g/mol. The summed E-state index contributed by atoms with van der Waals surface area (Å²) in [5.74, 6) is 0.756. The average Bonchev–Trinajstić information content (AvgIpc) is 3.08. The van der Waals surface area contributed by atoms with Crippen LogP contribution in [0.4, 0.5) is 5.82 Å². The van der Waals surface area contributed by atoms with Crippen molar-refractivity contribution in [1.29, 1.82) is 0 Å². The molecule has 1 aromatic carbocycles. The second-order valence-electron chi connectivity index (χ2n) is 4.79. The van der Waals surface area contributed by atoms with Gasteiger partial charge in [0.1, 0.15) is 12.1 Å². The second-order valence-corrected chi connectivity index (χ2v) is 5.70. The Morgan fingerprint density at radius 2 is 2.00 bits per heavy atom. The molecule has 0 N–H and O–H groups in total. The molecule has 0 aliphatic heterocycles. The van der Waals surface area contributed by atoms with Crippen LogP contribution in [0.25, 0.3) is 11.5 Å². The van der Waals surface area contributed by atoms with Crippen LogP contribution in [0, 0.1) is 0 Å². The Morgan fingerprint density at radius 3 is 2.65 bits per heavy atom. The summed E-state index contributed by atoms with van der Waals surface area (Å²) >= 11 is 3.33. The first kappa shape index (κ1) is 15.4. The molecule has 5 nitrogen and oxygen atoms in total. The van der Waals surface area contributed by atoms with Gasteiger partial charge in [0.15, 0.2) is 5.69 Å². The number of benzene rings is 1. The molecule has 0 saturated carbocycles. The van der Waals surface area contributed by atoms with Crippen molar-refractivity contribution in [2.24, 2.45) is 0 Å². The van der Waals surface area contributed by atoms with Gasteiger partial charge >= 0.3 is 0 Å². The fourth-order valence-electron chi connectivity index (χ4n) is 2.16. The van der Waals surface area contributed by atoms with Crippen LogP contribution >= 0.6 is 15.9 Å². The highest BCUT2D eigenvalue weighted by molar-refractivity contribution is 9.10. The SMILES string of the molecule is CCN(C(=O)c1coc(-c2ccccc2)n1)c1ccc(Br)cn1. The van der Waals surface area contributed by atoms with E-state index in [0.29, 0.717) is 18.3 Å². The summed E-state index contributed by atoms with van der Waals surface area (Å²) in [6.07, 6.45) is 3.04. The molecule has 2 aromatic heterocycles. The van der Waals surface area contributed by atoms with Gasteiger partial charge in [0.05, 0.1) is 0 Å². The van der Waals surface area contributed by atoms with Crippen molar-refractivity contribution in [3.63, 3.8) is 0 Å². The molecule has 0 aliphatic carbocycles. The molecular formula is C17H14BrN3O2. The van der Waals surface area contributed by atoms with Gasteiger partial charge < -0.3 is 4.42 Å². The Bertz CT molecular complexity index is 800. The minimum Gasteiger partial charge on any atom is -0.444 e. The van der Waals surface area contributed by atoms with Crippen LogP contribution in [0.15, 0.2) is 63.8 Å². The van der Waals surface area contributed by atoms with Crippen LogP contribution < -0.4 is 4.90 Å². The van der Waals surface area contributed by atoms with Gasteiger partial charge in [-0.1, -0.05) is 18.2 Å². The Labute approximate surface area is 142 Å². The Hall–Kier alpha value is -2.47. The highest BCUT2D eigenvalue weighted by Gasteiger charge is 2.21. The molecule has 1 amide bonds. The van der Waals surface area contributed by atoms with E-state index in [4.69, 9.17) is 4.42 Å². The maximum Gasteiger partial charge on any atom is 0.281 e. The normalized spacial score (nSPS) is 10.5. The average molecular weight is 372 g/mol. The van der Waals surface area contributed by atoms with E-state index in [9.17, 15) is 4.79 Å². The zero-order valence-electron chi connectivity index (χ0n) is 12.4. The van der Waals surface area contributed by atoms with Crippen molar-refractivity contribution in [3.8, 4) is 11.5 Å². The van der Waals surface area contributed by atoms with Crippen LogP contribution in [0.2, 0.25) is 0 Å². The number of carbonyl (C=O) groups excluding carboxylic acids is 1. The van der Waals surface area contributed by atoms with E-state index < -0.39 is 0 Å². The van der Waals surface area contributed by atoms with Crippen molar-refractivity contribution < 1.29 is 9.21 Å². The van der Waals surface area contributed by atoms with Gasteiger partial charge in [0, 0.05) is 22.8 Å². The quantitative estimate of drug-likeness (QED) is 0.690. The van der Waals surface area contributed by atoms with Gasteiger partial charge in [0.2, 0.25) is 5.89 Å². The highest BCUT2D eigenvalue weighted by atomic mass is 79.9. The molecule has 0 bridgehead atoms. The highest BCUT2D eigenvalue weighted by Crippen LogP contribution is 2.21. The second kappa shape index (κ2) is 6.75. The monoisotopic (exact) mass is 371 g/mol. The molecule has 23 heavy (non-hydrogen) atoms. The summed E-state index contributed by atoms with van der Waals surface area (Å²) in [7, 11) is 0. The maximum atomic E-state index is 12.7. The summed E-state index contributed by atoms with van der Waals surface area (Å²) < 4.78 is 6.29. The van der Waals surface area contributed by atoms with Gasteiger partial charge in [-0.25, -0.2) is 9.97 Å². The number of halogens is 1. The van der Waals surface area contributed by atoms with E-state index in [-0.39, 0.29) is 11.6 Å². The van der Waals surface area contributed by atoms with E-state index in [2.05, 4.69) is 25.9 Å². The Morgan fingerprint density at radius 1 is 1.22 bits per heavy atom. The predicted octanol–water partition coefficient (Wildman–Crippen LogP) is 4.17. The van der Waals surface area contributed by atoms with E-state index >= 15 is 0 Å². The molecule has 0 radical (unpaired) electrons. The zero-order valence-corrected chi connectivity index (χ0v) is 14.0. The molecule has 2 heterocycles. The summed E-state index contributed by atoms with van der Waals surface area (Å²) in [6.45, 7) is 2.38. The summed E-state index contributed by atoms with van der Waals surface area (Å²) in [5.41, 5.74) is 1.09. The number of carbonyl (C=O) groups is 1. The molecule has 3 aromatic rings. The third-order valence-corrected chi connectivity index (χ3v) is 3.76. The summed E-state index contributed by atoms with van der Waals surface area (Å²) in [5, 5.41) is 0. The van der Waals surface area contributed by atoms with Gasteiger partial charge in [-0.15, -0.1) is 0 Å². The number of hydrogen-bond donors (Lipinski definition) is 0. The van der Waals surface area contributed by atoms with Crippen LogP contribution in [0.5, 0.6) is 0 Å². The van der Waals surface area contributed by atoms with Crippen LogP contribution in [-0.2, 0) is 0 Å². The summed E-state index contributed by atoms with van der Waals surface area (Å²) in [4.78, 5) is 22.8. The first-order valence-corrected chi connectivity index (χ1v) is 7.92. The third-order valence-electron chi connectivity index (χ3n) is 3.29. The minimum atomic E-state index is -0.242. The van der Waals surface area contributed by atoms with Crippen molar-refractivity contribution in [2.45, 2.75) is 6.92 Å². The van der Waals surface area contributed by atoms with Crippen molar-refractivity contribution >= 4 is 27.7 Å². The lowest BCUT2D eigenvalue weighted by Gasteiger charge is -2.18. The van der Waals surface area contributed by atoms with Gasteiger partial charge in [-0.05, 0) is 47.1 Å². The number of aromatic nitrogens is 2. The van der Waals surface area contributed by atoms with Crippen LogP contribution in [0.1, 0.15) is 17.4 Å². The molecule has 0 fully saturated rings. The van der Waals surface area contributed by atoms with Gasteiger partial charge in [0.25, 0.3) is 5.91 Å². The molecule has 0 atom stereocenters. The van der Waals surface area contributed by atoms with Crippen molar-refractivity contribution in [1.82, 2.24) is 9.97 Å². The number of pyridine rings is 1. The van der Waals surface area contributed by atoms with E-state index in [1.807, 2.05) is 43.3 Å². The molecule has 6 heteroatoms. The van der Waals surface area contributed by atoms with E-state index in [1.54, 1.807) is 17.2 Å². The van der Waals surface area contributed by atoms with E-state index in [0.717, 1.165) is 10.0 Å².